The Balaban J connectivity index is 2.38. The van der Waals surface area contributed by atoms with E-state index in [4.69, 9.17) is 5.73 Å². The fourth-order valence-corrected chi connectivity index (χ4v) is 2.20. The lowest BCUT2D eigenvalue weighted by Crippen LogP contribution is -2.34. The molecule has 1 unspecified atom stereocenters. The van der Waals surface area contributed by atoms with Crippen molar-refractivity contribution in [2.75, 3.05) is 30.7 Å². The zero-order chi connectivity index (χ0) is 11.3. The highest BCUT2D eigenvalue weighted by atomic mass is 32.1. The number of anilines is 2. The van der Waals surface area contributed by atoms with Gasteiger partial charge in [0.1, 0.15) is 10.8 Å². The van der Waals surface area contributed by atoms with Crippen LogP contribution in [-0.4, -0.2) is 34.9 Å². The number of rotatable bonds is 6. The Labute approximate surface area is 95.6 Å². The van der Waals surface area contributed by atoms with Crippen LogP contribution in [0.3, 0.4) is 0 Å². The van der Waals surface area contributed by atoms with Crippen LogP contribution in [0.15, 0.2) is 6.07 Å². The Hall–Kier alpha value is -0.810. The molecule has 0 aliphatic carbocycles. The van der Waals surface area contributed by atoms with Crippen molar-refractivity contribution in [3.05, 3.63) is 6.07 Å². The molecular formula is C10H20N4S. The van der Waals surface area contributed by atoms with Gasteiger partial charge in [0.25, 0.3) is 0 Å². The summed E-state index contributed by atoms with van der Waals surface area (Å²) in [5.41, 5.74) is 5.56. The van der Waals surface area contributed by atoms with Crippen molar-refractivity contribution in [1.29, 1.82) is 0 Å². The van der Waals surface area contributed by atoms with Crippen LogP contribution in [0.25, 0.3) is 0 Å². The molecular weight excluding hydrogens is 208 g/mol. The molecule has 0 radical (unpaired) electrons. The summed E-state index contributed by atoms with van der Waals surface area (Å²) in [6, 6.07) is 2.30. The monoisotopic (exact) mass is 228 g/mol. The lowest BCUT2D eigenvalue weighted by molar-refractivity contribution is 0.295. The van der Waals surface area contributed by atoms with Gasteiger partial charge in [-0.3, -0.25) is 0 Å². The van der Waals surface area contributed by atoms with Gasteiger partial charge < -0.3 is 16.0 Å². The number of likely N-dealkylation sites (N-methyl/N-ethyl adjacent to an activating group) is 1. The molecule has 1 atom stereocenters. The van der Waals surface area contributed by atoms with Crippen molar-refractivity contribution in [2.45, 2.75) is 26.8 Å². The number of nitrogens with two attached hydrogens (primary N) is 1. The topological polar surface area (TPSA) is 54.2 Å². The van der Waals surface area contributed by atoms with E-state index in [-0.39, 0.29) is 0 Å². The Kier molecular flexibility index (Phi) is 4.84. The minimum atomic E-state index is 0.421. The van der Waals surface area contributed by atoms with Crippen molar-refractivity contribution in [1.82, 2.24) is 9.27 Å². The minimum Gasteiger partial charge on any atom is -0.383 e. The molecule has 0 spiro atoms. The maximum absolute atomic E-state index is 5.56. The van der Waals surface area contributed by atoms with Gasteiger partial charge in [0.2, 0.25) is 0 Å². The highest BCUT2D eigenvalue weighted by Crippen LogP contribution is 2.18. The van der Waals surface area contributed by atoms with Crippen LogP contribution in [0.1, 0.15) is 20.8 Å². The van der Waals surface area contributed by atoms with Crippen LogP contribution in [0.2, 0.25) is 0 Å². The molecule has 1 aromatic rings. The quantitative estimate of drug-likeness (QED) is 0.780. The van der Waals surface area contributed by atoms with E-state index in [0.29, 0.717) is 11.9 Å². The summed E-state index contributed by atoms with van der Waals surface area (Å²) in [6.45, 7) is 9.77. The molecule has 5 heteroatoms. The van der Waals surface area contributed by atoms with Gasteiger partial charge in [-0.15, -0.1) is 0 Å². The number of nitrogens with zero attached hydrogens (tertiary/aromatic N) is 2. The predicted octanol–water partition coefficient (Wildman–Crippen LogP) is 1.87. The van der Waals surface area contributed by atoms with Crippen molar-refractivity contribution in [3.63, 3.8) is 0 Å². The standard InChI is InChI=1S/C10H20N4S/c1-4-14(5-2)7-8(3)12-10-6-9(11)13-15-10/h6,8,12H,4-5,7H2,1-3H3,(H2,11,13). The zero-order valence-corrected chi connectivity index (χ0v) is 10.5. The van der Waals surface area contributed by atoms with Crippen LogP contribution in [0.5, 0.6) is 0 Å². The van der Waals surface area contributed by atoms with E-state index in [1.807, 2.05) is 6.07 Å². The maximum Gasteiger partial charge on any atom is 0.139 e. The van der Waals surface area contributed by atoms with Gasteiger partial charge in [0.05, 0.1) is 0 Å². The smallest absolute Gasteiger partial charge is 0.139 e. The molecule has 0 saturated heterocycles. The van der Waals surface area contributed by atoms with Crippen LogP contribution < -0.4 is 11.1 Å². The molecule has 1 aromatic heterocycles. The third kappa shape index (κ3) is 4.05. The van der Waals surface area contributed by atoms with Crippen LogP contribution >= 0.6 is 11.5 Å². The Morgan fingerprint density at radius 3 is 2.67 bits per heavy atom. The molecule has 0 bridgehead atoms. The van der Waals surface area contributed by atoms with Crippen molar-refractivity contribution in [3.8, 4) is 0 Å². The Bertz CT molecular complexity index is 283. The van der Waals surface area contributed by atoms with E-state index in [2.05, 4.69) is 35.4 Å². The second-order valence-electron chi connectivity index (χ2n) is 3.65. The predicted molar refractivity (Wildman–Crippen MR) is 67.4 cm³/mol. The van der Waals surface area contributed by atoms with Crippen LogP contribution in [0, 0.1) is 0 Å². The molecule has 0 aliphatic heterocycles. The normalized spacial score (nSPS) is 13.1. The summed E-state index contributed by atoms with van der Waals surface area (Å²) in [5.74, 6) is 0.595. The SMILES string of the molecule is CCN(CC)CC(C)Nc1cc(N)ns1. The van der Waals surface area contributed by atoms with Gasteiger partial charge in [0.15, 0.2) is 0 Å². The third-order valence-electron chi connectivity index (χ3n) is 2.34. The highest BCUT2D eigenvalue weighted by molar-refractivity contribution is 7.10. The second-order valence-corrected chi connectivity index (χ2v) is 4.45. The summed E-state index contributed by atoms with van der Waals surface area (Å²) in [4.78, 5) is 2.39. The zero-order valence-electron chi connectivity index (χ0n) is 9.66. The summed E-state index contributed by atoms with van der Waals surface area (Å²) >= 11 is 1.42. The molecule has 15 heavy (non-hydrogen) atoms. The van der Waals surface area contributed by atoms with Gasteiger partial charge in [-0.2, -0.15) is 4.37 Å². The van der Waals surface area contributed by atoms with Crippen molar-refractivity contribution >= 4 is 22.4 Å². The van der Waals surface area contributed by atoms with Gasteiger partial charge in [-0.1, -0.05) is 13.8 Å². The molecule has 1 heterocycles. The van der Waals surface area contributed by atoms with Crippen molar-refractivity contribution < 1.29 is 0 Å². The van der Waals surface area contributed by atoms with Gasteiger partial charge >= 0.3 is 0 Å². The first-order chi connectivity index (χ1) is 7.15. The second kappa shape index (κ2) is 5.92. The summed E-state index contributed by atoms with van der Waals surface area (Å²) < 4.78 is 4.03. The molecule has 0 aromatic carbocycles. The summed E-state index contributed by atoms with van der Waals surface area (Å²) in [7, 11) is 0. The Morgan fingerprint density at radius 1 is 1.53 bits per heavy atom. The fourth-order valence-electron chi connectivity index (χ4n) is 1.51. The van der Waals surface area contributed by atoms with Crippen molar-refractivity contribution in [2.24, 2.45) is 0 Å². The molecule has 86 valence electrons. The van der Waals surface area contributed by atoms with E-state index in [1.54, 1.807) is 0 Å². The fraction of sp³-hybridized carbons (Fsp3) is 0.700. The first-order valence-electron chi connectivity index (χ1n) is 5.36. The summed E-state index contributed by atoms with van der Waals surface area (Å²) in [5, 5.41) is 4.44. The minimum absolute atomic E-state index is 0.421. The van der Waals surface area contributed by atoms with Gasteiger partial charge in [-0.05, 0) is 31.5 Å². The first-order valence-corrected chi connectivity index (χ1v) is 6.14. The molecule has 0 amide bonds. The lowest BCUT2D eigenvalue weighted by atomic mass is 10.3. The van der Waals surface area contributed by atoms with Crippen LogP contribution in [0.4, 0.5) is 10.8 Å². The van der Waals surface area contributed by atoms with E-state index in [0.717, 1.165) is 24.6 Å². The van der Waals surface area contributed by atoms with Crippen LogP contribution in [-0.2, 0) is 0 Å². The maximum atomic E-state index is 5.56. The van der Waals surface area contributed by atoms with E-state index in [1.165, 1.54) is 11.5 Å². The average molecular weight is 228 g/mol. The van der Waals surface area contributed by atoms with Gasteiger partial charge in [0, 0.05) is 18.7 Å². The molecule has 0 saturated carbocycles. The van der Waals surface area contributed by atoms with E-state index < -0.39 is 0 Å². The average Bonchev–Trinajstić information content (AvgIpc) is 2.60. The lowest BCUT2D eigenvalue weighted by Gasteiger charge is -2.23. The molecule has 0 aliphatic rings. The number of nitrogens with one attached hydrogen (secondary N) is 1. The third-order valence-corrected chi connectivity index (χ3v) is 3.08. The molecule has 3 N–H and O–H groups in total. The number of aromatic nitrogens is 1. The first kappa shape index (κ1) is 12.3. The highest BCUT2D eigenvalue weighted by Gasteiger charge is 2.08. The number of nitrogen functional groups attached to an aromatic ring is 1. The largest absolute Gasteiger partial charge is 0.383 e. The van der Waals surface area contributed by atoms with E-state index >= 15 is 0 Å². The van der Waals surface area contributed by atoms with Gasteiger partial charge in [-0.25, -0.2) is 0 Å². The summed E-state index contributed by atoms with van der Waals surface area (Å²) in [6.07, 6.45) is 0. The van der Waals surface area contributed by atoms with E-state index in [9.17, 15) is 0 Å². The molecule has 4 nitrogen and oxygen atoms in total. The molecule has 0 fully saturated rings. The molecule has 1 rings (SSSR count). The number of hydrogen-bond acceptors (Lipinski definition) is 5. The number of hydrogen-bond donors (Lipinski definition) is 2. The Morgan fingerprint density at radius 2 is 2.20 bits per heavy atom.